The lowest BCUT2D eigenvalue weighted by Crippen LogP contribution is -2.62. The maximum atomic E-state index is 13.3. The number of aliphatic hydroxyl groups is 2. The van der Waals surface area contributed by atoms with Gasteiger partial charge < -0.3 is 20.0 Å². The average molecular weight is 973 g/mol. The van der Waals surface area contributed by atoms with Gasteiger partial charge in [0.25, 0.3) is 0 Å². The maximum absolute atomic E-state index is 13.3. The molecule has 0 aromatic carbocycles. The van der Waals surface area contributed by atoms with Crippen molar-refractivity contribution in [3.63, 3.8) is 0 Å². The van der Waals surface area contributed by atoms with Crippen molar-refractivity contribution in [1.82, 2.24) is 9.80 Å². The standard InChI is InChI=1S/C31H43NO3.C31H45NO2.2CH4/c1-19-20-9-10-23-29(4,21(20)17-22(33)25(19)34)14-16-31(6)24-18-28(3,26(35)32(7)8)12-11-27(24,2)13-15-30(23,31)5;1-20-21-9-10-24-29(4,22(21)17-23(33)26(20)34)14-16-31(6)25-18-27(2,19-32(7)8)11-12-28(25,3)13-15-30(24,31)5;;/h9-10,17,24,34H,11-16,18H2,1-8H3;9-10,17,25,34H,11-16,18-19H2,1-8H3;2*1H4/t24-,27-,28-,29+,30-,31+;25-,27-,28-,29+,30-,31+;;/m11../s1. The zero-order valence-corrected chi connectivity index (χ0v) is 45.7. The van der Waals surface area contributed by atoms with E-state index < -0.39 is 0 Å². The molecule has 392 valence electrons. The van der Waals surface area contributed by atoms with Crippen molar-refractivity contribution in [3.05, 3.63) is 92.6 Å². The van der Waals surface area contributed by atoms with Crippen LogP contribution in [0.3, 0.4) is 0 Å². The van der Waals surface area contributed by atoms with Crippen molar-refractivity contribution in [2.24, 2.45) is 66.0 Å². The molecule has 71 heavy (non-hydrogen) atoms. The summed E-state index contributed by atoms with van der Waals surface area (Å²) in [5, 5.41) is 20.7. The van der Waals surface area contributed by atoms with Crippen LogP contribution in [0.2, 0.25) is 0 Å². The number of hydrogen-bond donors (Lipinski definition) is 2. The van der Waals surface area contributed by atoms with Crippen molar-refractivity contribution in [3.8, 4) is 0 Å². The highest BCUT2D eigenvalue weighted by molar-refractivity contribution is 6.07. The molecule has 0 radical (unpaired) electrons. The van der Waals surface area contributed by atoms with E-state index in [0.717, 1.165) is 72.8 Å². The highest BCUT2D eigenvalue weighted by Gasteiger charge is 2.69. The smallest absolute Gasteiger partial charge is 0.227 e. The third-order valence-corrected chi connectivity index (χ3v) is 23.5. The summed E-state index contributed by atoms with van der Waals surface area (Å²) >= 11 is 0. The van der Waals surface area contributed by atoms with Crippen molar-refractivity contribution >= 4 is 17.5 Å². The van der Waals surface area contributed by atoms with Gasteiger partial charge in [0.05, 0.1) is 0 Å². The fourth-order valence-corrected chi connectivity index (χ4v) is 18.6. The Balaban J connectivity index is 0.000000203. The van der Waals surface area contributed by atoms with Gasteiger partial charge >= 0.3 is 0 Å². The molecule has 7 heteroatoms. The van der Waals surface area contributed by atoms with Crippen LogP contribution in [0.1, 0.15) is 188 Å². The molecule has 12 atom stereocenters. The second-order valence-corrected chi connectivity index (χ2v) is 27.9. The van der Waals surface area contributed by atoms with Gasteiger partial charge in [0.2, 0.25) is 17.5 Å². The molecule has 0 heterocycles. The van der Waals surface area contributed by atoms with Gasteiger partial charge in [-0.05, 0) is 202 Å². The van der Waals surface area contributed by atoms with Gasteiger partial charge in [-0.1, -0.05) is 120 Å². The molecule has 6 fully saturated rings. The number of ketones is 2. The Kier molecular flexibility index (Phi) is 13.3. The van der Waals surface area contributed by atoms with E-state index in [4.69, 9.17) is 0 Å². The molecule has 6 saturated carbocycles. The number of amides is 1. The van der Waals surface area contributed by atoms with Gasteiger partial charge in [-0.25, -0.2) is 0 Å². The highest BCUT2D eigenvalue weighted by atomic mass is 16.3. The Hall–Kier alpha value is -3.71. The largest absolute Gasteiger partial charge is 0.504 e. The van der Waals surface area contributed by atoms with Crippen LogP contribution in [0.25, 0.3) is 0 Å². The van der Waals surface area contributed by atoms with E-state index in [-0.39, 0.29) is 87.2 Å². The van der Waals surface area contributed by atoms with Crippen LogP contribution in [-0.4, -0.2) is 72.2 Å². The summed E-state index contributed by atoms with van der Waals surface area (Å²) < 4.78 is 0. The summed E-state index contributed by atoms with van der Waals surface area (Å²) in [6, 6.07) is 0. The molecule has 0 spiro atoms. The first kappa shape index (κ1) is 55.0. The SMILES string of the molecule is C.C.CC1=C(O)C(=O)C=C2C1=CC=C1[C@@]2(C)CC[C@@]2(C)[C@@H]3C[C@](C)(C(=O)N(C)C)CC[C@]3(C)CC[C@]12C.CC1=C(O)C(=O)C=C2C1=CC=C1[C@@]2(C)CC[C@@]2(C)[C@@H]3C[C@](C)(CN(C)C)CC[C@]3(C)CC[C@]12C. The minimum atomic E-state index is -0.304. The molecule has 0 aromatic rings. The fourth-order valence-electron chi connectivity index (χ4n) is 18.6. The lowest BCUT2D eigenvalue weighted by atomic mass is 9.34. The van der Waals surface area contributed by atoms with Crippen LogP contribution in [0.15, 0.2) is 92.6 Å². The van der Waals surface area contributed by atoms with E-state index in [1.54, 1.807) is 17.1 Å². The predicted octanol–water partition coefficient (Wildman–Crippen LogP) is 15.1. The molecule has 0 bridgehead atoms. The summed E-state index contributed by atoms with van der Waals surface area (Å²) in [7, 11) is 8.23. The minimum absolute atomic E-state index is 0. The van der Waals surface area contributed by atoms with Gasteiger partial charge in [0.15, 0.2) is 11.5 Å². The Bertz CT molecular complexity index is 2580. The van der Waals surface area contributed by atoms with E-state index in [1.807, 2.05) is 27.9 Å². The first-order valence-corrected chi connectivity index (χ1v) is 26.9. The number of fused-ring (bicyclic) bond motifs is 14. The van der Waals surface area contributed by atoms with Crippen molar-refractivity contribution < 1.29 is 24.6 Å². The van der Waals surface area contributed by atoms with Crippen LogP contribution in [-0.2, 0) is 14.4 Å². The second-order valence-electron chi connectivity index (χ2n) is 27.9. The molecular formula is C64H96N2O5. The van der Waals surface area contributed by atoms with Gasteiger partial charge in [0, 0.05) is 48.0 Å². The molecule has 10 aliphatic rings. The second kappa shape index (κ2) is 17.2. The van der Waals surface area contributed by atoms with Gasteiger partial charge in [-0.2, -0.15) is 0 Å². The number of rotatable bonds is 3. The number of allylic oxidation sites excluding steroid dienone is 14. The van der Waals surface area contributed by atoms with Crippen molar-refractivity contribution in [1.29, 1.82) is 0 Å². The maximum Gasteiger partial charge on any atom is 0.227 e. The van der Waals surface area contributed by atoms with Gasteiger partial charge in [-0.3, -0.25) is 14.4 Å². The zero-order chi connectivity index (χ0) is 50.7. The van der Waals surface area contributed by atoms with Crippen LogP contribution in [0, 0.1) is 66.0 Å². The molecule has 10 aliphatic carbocycles. The molecule has 1 amide bonds. The normalized spacial score (nSPS) is 44.1. The predicted molar refractivity (Wildman–Crippen MR) is 293 cm³/mol. The van der Waals surface area contributed by atoms with Crippen LogP contribution < -0.4 is 0 Å². The number of hydrogen-bond acceptors (Lipinski definition) is 6. The summed E-state index contributed by atoms with van der Waals surface area (Å²) in [5.41, 5.74) is 9.58. The first-order valence-electron chi connectivity index (χ1n) is 26.9. The first-order chi connectivity index (χ1) is 31.8. The monoisotopic (exact) mass is 973 g/mol. The lowest BCUT2D eigenvalue weighted by molar-refractivity contribution is -0.173. The van der Waals surface area contributed by atoms with Crippen LogP contribution in [0.4, 0.5) is 0 Å². The quantitative estimate of drug-likeness (QED) is 0.292. The van der Waals surface area contributed by atoms with E-state index in [2.05, 4.69) is 113 Å². The van der Waals surface area contributed by atoms with E-state index in [1.165, 1.54) is 62.6 Å². The Morgan fingerprint density at radius 2 is 0.944 bits per heavy atom. The molecule has 2 N–H and O–H groups in total. The van der Waals surface area contributed by atoms with E-state index >= 15 is 0 Å². The molecule has 10 rings (SSSR count). The topological polar surface area (TPSA) is 98.1 Å². The van der Waals surface area contributed by atoms with Gasteiger partial charge in [0.1, 0.15) is 0 Å². The van der Waals surface area contributed by atoms with Crippen LogP contribution in [0.5, 0.6) is 0 Å². The fraction of sp³-hybridized carbons (Fsp3) is 0.703. The Morgan fingerprint density at radius 1 is 0.549 bits per heavy atom. The average Bonchev–Trinajstić information content (AvgIpc) is 3.28. The number of aliphatic hydroxyl groups excluding tert-OH is 2. The van der Waals surface area contributed by atoms with E-state index in [0.29, 0.717) is 28.2 Å². The number of carbonyl (C=O) groups excluding carboxylic acids is 3. The zero-order valence-electron chi connectivity index (χ0n) is 45.7. The molecular weight excluding hydrogens is 877 g/mol. The number of nitrogens with zero attached hydrogens (tertiary/aromatic N) is 2. The summed E-state index contributed by atoms with van der Waals surface area (Å²) in [4.78, 5) is 42.8. The number of carbonyl (C=O) groups is 3. The molecule has 7 nitrogen and oxygen atoms in total. The Morgan fingerprint density at radius 3 is 1.35 bits per heavy atom. The minimum Gasteiger partial charge on any atom is -0.504 e. The third kappa shape index (κ3) is 7.49. The van der Waals surface area contributed by atoms with Crippen molar-refractivity contribution in [2.75, 3.05) is 34.7 Å². The van der Waals surface area contributed by atoms with Crippen molar-refractivity contribution in [2.45, 2.75) is 188 Å². The van der Waals surface area contributed by atoms with E-state index in [9.17, 15) is 24.6 Å². The molecule has 0 aliphatic heterocycles. The Labute approximate surface area is 431 Å². The molecule has 0 saturated heterocycles. The summed E-state index contributed by atoms with van der Waals surface area (Å²) in [5.74, 6) is 0.755. The summed E-state index contributed by atoms with van der Waals surface area (Å²) in [6.45, 7) is 29.6. The third-order valence-electron chi connectivity index (χ3n) is 23.5. The molecule has 0 aromatic heterocycles. The molecule has 0 unspecified atom stereocenters. The lowest BCUT2D eigenvalue weighted by Gasteiger charge is -2.70. The van der Waals surface area contributed by atoms with Crippen LogP contribution >= 0.6 is 0 Å². The van der Waals surface area contributed by atoms with Gasteiger partial charge in [-0.15, -0.1) is 0 Å². The summed E-state index contributed by atoms with van der Waals surface area (Å²) in [6.07, 6.45) is 28.7. The highest BCUT2D eigenvalue weighted by Crippen LogP contribution is 2.77.